The zero-order valence-electron chi connectivity index (χ0n) is 14.4. The maximum absolute atomic E-state index is 13.9. The molecule has 0 aromatic heterocycles. The molecule has 1 aromatic rings. The first-order chi connectivity index (χ1) is 12.6. The van der Waals surface area contributed by atoms with Crippen LogP contribution >= 0.6 is 15.9 Å². The zero-order valence-corrected chi connectivity index (χ0v) is 16.0. The van der Waals surface area contributed by atoms with E-state index >= 15 is 0 Å². The Kier molecular flexibility index (Phi) is 5.46. The quantitative estimate of drug-likeness (QED) is 0.513. The Labute approximate surface area is 162 Å². The van der Waals surface area contributed by atoms with Gasteiger partial charge in [0.1, 0.15) is 0 Å². The van der Waals surface area contributed by atoms with Crippen LogP contribution in [0.5, 0.6) is 5.75 Å². The van der Waals surface area contributed by atoms with Gasteiger partial charge in [0.15, 0.2) is 11.6 Å². The Morgan fingerprint density at radius 1 is 1.30 bits per heavy atom. The Balaban J connectivity index is 0.000000260. The fraction of sp³-hybridized carbons (Fsp3) is 0.611. The molecule has 3 N–H and O–H groups in total. The molecule has 1 saturated carbocycles. The molecule has 3 aliphatic rings. The van der Waals surface area contributed by atoms with Gasteiger partial charge in [-0.05, 0) is 71.3 Å². The van der Waals surface area contributed by atoms with Crippen LogP contribution in [0.25, 0.3) is 0 Å². The Morgan fingerprint density at radius 2 is 1.96 bits per heavy atom. The van der Waals surface area contributed by atoms with Crippen molar-refractivity contribution < 1.29 is 32.6 Å². The number of aromatic hydroxyl groups is 1. The Hall–Kier alpha value is -1.35. The van der Waals surface area contributed by atoms with Crippen molar-refractivity contribution in [2.75, 3.05) is 6.54 Å². The number of hydrogen-bond donors (Lipinski definition) is 3. The van der Waals surface area contributed by atoms with Gasteiger partial charge in [-0.25, -0.2) is 9.18 Å². The van der Waals surface area contributed by atoms with E-state index in [1.54, 1.807) is 6.07 Å². The number of phenols is 1. The van der Waals surface area contributed by atoms with Crippen LogP contribution in [0.15, 0.2) is 10.5 Å². The summed E-state index contributed by atoms with van der Waals surface area (Å²) in [5.41, 5.74) is 2.44. The summed E-state index contributed by atoms with van der Waals surface area (Å²) in [6.45, 7) is 1.03. The molecule has 1 saturated heterocycles. The summed E-state index contributed by atoms with van der Waals surface area (Å²) in [4.78, 5) is 8.90. The van der Waals surface area contributed by atoms with Crippen molar-refractivity contribution in [3.05, 3.63) is 27.5 Å². The van der Waals surface area contributed by atoms with Crippen molar-refractivity contribution >= 4 is 21.9 Å². The molecular formula is C18H20BrF4NO3. The van der Waals surface area contributed by atoms with Gasteiger partial charge in [-0.15, -0.1) is 0 Å². The lowest BCUT2D eigenvalue weighted by molar-refractivity contribution is -0.192. The lowest BCUT2D eigenvalue weighted by Crippen LogP contribution is -2.59. The third kappa shape index (κ3) is 3.55. The molecule has 0 spiro atoms. The van der Waals surface area contributed by atoms with Gasteiger partial charge in [0.05, 0.1) is 4.47 Å². The van der Waals surface area contributed by atoms with Gasteiger partial charge in [-0.2, -0.15) is 13.2 Å². The van der Waals surface area contributed by atoms with E-state index in [1.165, 1.54) is 31.2 Å². The van der Waals surface area contributed by atoms with Gasteiger partial charge in [-0.3, -0.25) is 0 Å². The molecule has 2 fully saturated rings. The van der Waals surface area contributed by atoms with E-state index in [0.29, 0.717) is 16.4 Å². The number of nitrogens with one attached hydrogen (secondary N) is 1. The van der Waals surface area contributed by atoms with Crippen molar-refractivity contribution in [1.29, 1.82) is 0 Å². The molecule has 2 aliphatic carbocycles. The van der Waals surface area contributed by atoms with Crippen molar-refractivity contribution in [2.24, 2.45) is 5.92 Å². The molecule has 150 valence electrons. The van der Waals surface area contributed by atoms with Crippen molar-refractivity contribution in [1.82, 2.24) is 5.32 Å². The van der Waals surface area contributed by atoms with Crippen LogP contribution in [0.1, 0.15) is 43.2 Å². The van der Waals surface area contributed by atoms with E-state index in [1.807, 2.05) is 0 Å². The minimum absolute atomic E-state index is 0.145. The molecule has 1 aliphatic heterocycles. The first-order valence-electron chi connectivity index (χ1n) is 8.81. The van der Waals surface area contributed by atoms with E-state index < -0.39 is 18.0 Å². The van der Waals surface area contributed by atoms with Gasteiger partial charge in [0, 0.05) is 11.5 Å². The summed E-state index contributed by atoms with van der Waals surface area (Å²) in [5.74, 6) is -2.83. The number of hydrogen-bond acceptors (Lipinski definition) is 3. The van der Waals surface area contributed by atoms with Gasteiger partial charge >= 0.3 is 12.1 Å². The smallest absolute Gasteiger partial charge is 0.490 e. The monoisotopic (exact) mass is 453 g/mol. The fourth-order valence-electron chi connectivity index (χ4n) is 5.03. The number of phenolic OH excluding ortho intramolecular Hbond substituents is 1. The molecule has 27 heavy (non-hydrogen) atoms. The maximum Gasteiger partial charge on any atom is 0.490 e. The highest BCUT2D eigenvalue weighted by Crippen LogP contribution is 2.57. The van der Waals surface area contributed by atoms with Crippen LogP contribution < -0.4 is 5.32 Å². The molecule has 1 heterocycles. The maximum atomic E-state index is 13.9. The topological polar surface area (TPSA) is 69.6 Å². The third-order valence-electron chi connectivity index (χ3n) is 6.02. The third-order valence-corrected chi connectivity index (χ3v) is 6.79. The van der Waals surface area contributed by atoms with Crippen molar-refractivity contribution in [3.63, 3.8) is 0 Å². The number of aliphatic carboxylic acids is 1. The summed E-state index contributed by atoms with van der Waals surface area (Å²) in [6.07, 6.45) is 1.87. The number of rotatable bonds is 0. The van der Waals surface area contributed by atoms with Crippen LogP contribution in [0.3, 0.4) is 0 Å². The highest BCUT2D eigenvalue weighted by atomic mass is 79.9. The molecule has 2 bridgehead atoms. The Morgan fingerprint density at radius 3 is 2.59 bits per heavy atom. The van der Waals surface area contributed by atoms with Crippen LogP contribution in [0.4, 0.5) is 17.6 Å². The normalized spacial score (nSPS) is 29.1. The number of halogens is 5. The second kappa shape index (κ2) is 7.24. The summed E-state index contributed by atoms with van der Waals surface area (Å²) in [6, 6.07) is 2.04. The minimum Gasteiger partial charge on any atom is -0.504 e. The lowest BCUT2D eigenvalue weighted by atomic mass is 9.53. The molecule has 9 heteroatoms. The highest BCUT2D eigenvalue weighted by Gasteiger charge is 2.52. The largest absolute Gasteiger partial charge is 0.504 e. The highest BCUT2D eigenvalue weighted by molar-refractivity contribution is 9.10. The van der Waals surface area contributed by atoms with Crippen LogP contribution in [-0.4, -0.2) is 34.9 Å². The average molecular weight is 454 g/mol. The molecular weight excluding hydrogens is 434 g/mol. The molecule has 0 unspecified atom stereocenters. The summed E-state index contributed by atoms with van der Waals surface area (Å²) < 4.78 is 46.2. The first kappa shape index (κ1) is 20.4. The van der Waals surface area contributed by atoms with Crippen LogP contribution in [0.2, 0.25) is 0 Å². The first-order valence-corrected chi connectivity index (χ1v) is 9.61. The minimum atomic E-state index is -5.08. The SMILES string of the molecule is O=C(O)C(F)(F)F.Oc1c(F)cc2c(c1Br)[C@]13CCCC[C@@H]1[C@H](C2)NCC3. The van der Waals surface area contributed by atoms with E-state index in [4.69, 9.17) is 9.90 Å². The van der Waals surface area contributed by atoms with E-state index in [-0.39, 0.29) is 11.2 Å². The van der Waals surface area contributed by atoms with Crippen LogP contribution in [-0.2, 0) is 16.6 Å². The number of carboxylic acids is 1. The summed E-state index contributed by atoms with van der Waals surface area (Å²) in [5, 5.41) is 20.8. The number of piperidine rings is 1. The van der Waals surface area contributed by atoms with E-state index in [2.05, 4.69) is 21.2 Å². The molecule has 0 radical (unpaired) electrons. The van der Waals surface area contributed by atoms with Gasteiger partial charge in [0.25, 0.3) is 0 Å². The number of carboxylic acid groups (broad SMARTS) is 1. The van der Waals surface area contributed by atoms with Crippen molar-refractivity contribution in [2.45, 2.75) is 56.2 Å². The standard InChI is InChI=1S/C16H19BrFNO.C2HF3O2/c17-14-13-9(7-11(18)15(14)20)8-12-10-3-1-2-4-16(10,13)5-6-19-12;3-2(4,5)1(6)7/h7,10,12,19-20H,1-6,8H2;(H,6,7)/t10-,12+,16+;/m1./s1. The molecule has 1 aromatic carbocycles. The number of fused-ring (bicyclic) bond motifs is 1. The number of alkyl halides is 3. The van der Waals surface area contributed by atoms with E-state index in [0.717, 1.165) is 24.9 Å². The summed E-state index contributed by atoms with van der Waals surface area (Å²) >= 11 is 3.49. The molecule has 4 rings (SSSR count). The van der Waals surface area contributed by atoms with Crippen LogP contribution in [0, 0.1) is 11.7 Å². The lowest BCUT2D eigenvalue weighted by Gasteiger charge is -2.56. The number of benzene rings is 1. The molecule has 0 amide bonds. The molecule has 3 atom stereocenters. The predicted molar refractivity (Wildman–Crippen MR) is 93.2 cm³/mol. The van der Waals surface area contributed by atoms with E-state index in [9.17, 15) is 22.7 Å². The van der Waals surface area contributed by atoms with Crippen molar-refractivity contribution in [3.8, 4) is 5.75 Å². The fourth-order valence-corrected chi connectivity index (χ4v) is 5.87. The zero-order chi connectivity index (χ0) is 20.0. The summed E-state index contributed by atoms with van der Waals surface area (Å²) in [7, 11) is 0. The average Bonchev–Trinajstić information content (AvgIpc) is 2.59. The second-order valence-electron chi connectivity index (χ2n) is 7.38. The number of carbonyl (C=O) groups is 1. The second-order valence-corrected chi connectivity index (χ2v) is 8.17. The predicted octanol–water partition coefficient (Wildman–Crippen LogP) is 4.27. The molecule has 4 nitrogen and oxygen atoms in total. The Bertz CT molecular complexity index is 751. The van der Waals surface area contributed by atoms with Gasteiger partial charge < -0.3 is 15.5 Å². The van der Waals surface area contributed by atoms with Gasteiger partial charge in [-0.1, -0.05) is 12.8 Å². The van der Waals surface area contributed by atoms with Gasteiger partial charge in [0.2, 0.25) is 0 Å².